The van der Waals surface area contributed by atoms with Gasteiger partial charge in [-0.3, -0.25) is 14.9 Å². The molecular formula is C18H35NO2. The zero-order valence-electron chi connectivity index (χ0n) is 14.2. The van der Waals surface area contributed by atoms with Crippen molar-refractivity contribution in [1.29, 1.82) is 0 Å². The molecule has 3 nitrogen and oxygen atoms in total. The number of hydrogen-bond donors (Lipinski definition) is 1. The van der Waals surface area contributed by atoms with Crippen molar-refractivity contribution in [2.45, 2.75) is 104 Å². The van der Waals surface area contributed by atoms with Gasteiger partial charge in [0.15, 0.2) is 0 Å². The Hall–Kier alpha value is -0.860. The molecular weight excluding hydrogens is 262 g/mol. The van der Waals surface area contributed by atoms with Crippen LogP contribution in [0, 0.1) is 0 Å². The normalized spacial score (nSPS) is 10.6. The summed E-state index contributed by atoms with van der Waals surface area (Å²) in [6.45, 7) is 4.39. The van der Waals surface area contributed by atoms with Gasteiger partial charge in [-0.25, -0.2) is 0 Å². The molecule has 0 saturated heterocycles. The number of rotatable bonds is 14. The number of carbonyl (C=O) groups is 2. The molecule has 0 spiro atoms. The molecule has 0 aliphatic heterocycles. The summed E-state index contributed by atoms with van der Waals surface area (Å²) in [6, 6.07) is 0. The Bertz CT molecular complexity index is 264. The lowest BCUT2D eigenvalue weighted by atomic mass is 10.1. The molecule has 0 radical (unpaired) electrons. The standard InChI is InChI=1S/C18H35NO2/c1-3-5-7-9-10-12-14-16-18(21)19-17(20)15-13-11-8-6-4-2/h3-16H2,1-2H3,(H,19,20,21). The van der Waals surface area contributed by atoms with Crippen LogP contribution < -0.4 is 5.32 Å². The molecule has 0 unspecified atom stereocenters. The monoisotopic (exact) mass is 297 g/mol. The molecule has 0 saturated carbocycles. The third-order valence-corrected chi connectivity index (χ3v) is 3.79. The van der Waals surface area contributed by atoms with Crippen LogP contribution in [0.4, 0.5) is 0 Å². The van der Waals surface area contributed by atoms with Gasteiger partial charge in [-0.1, -0.05) is 78.1 Å². The van der Waals surface area contributed by atoms with E-state index in [0.717, 1.165) is 25.7 Å². The second kappa shape index (κ2) is 15.5. The minimum Gasteiger partial charge on any atom is -0.296 e. The van der Waals surface area contributed by atoms with Gasteiger partial charge in [0.1, 0.15) is 0 Å². The van der Waals surface area contributed by atoms with Gasteiger partial charge < -0.3 is 0 Å². The van der Waals surface area contributed by atoms with Crippen molar-refractivity contribution in [3.05, 3.63) is 0 Å². The van der Waals surface area contributed by atoms with E-state index in [1.54, 1.807) is 0 Å². The lowest BCUT2D eigenvalue weighted by molar-refractivity contribution is -0.130. The Kier molecular flexibility index (Phi) is 14.9. The van der Waals surface area contributed by atoms with E-state index in [4.69, 9.17) is 0 Å². The molecule has 21 heavy (non-hydrogen) atoms. The lowest BCUT2D eigenvalue weighted by Gasteiger charge is -2.04. The fourth-order valence-electron chi connectivity index (χ4n) is 2.41. The van der Waals surface area contributed by atoms with Crippen LogP contribution in [0.15, 0.2) is 0 Å². The minimum atomic E-state index is -0.0977. The van der Waals surface area contributed by atoms with E-state index in [0.29, 0.717) is 12.8 Å². The number of amides is 2. The van der Waals surface area contributed by atoms with Gasteiger partial charge in [0, 0.05) is 12.8 Å². The van der Waals surface area contributed by atoms with Crippen molar-refractivity contribution >= 4 is 11.8 Å². The highest BCUT2D eigenvalue weighted by Gasteiger charge is 2.07. The van der Waals surface area contributed by atoms with Crippen LogP contribution in [-0.4, -0.2) is 11.8 Å². The first kappa shape index (κ1) is 20.1. The van der Waals surface area contributed by atoms with Crippen LogP contribution in [0.3, 0.4) is 0 Å². The molecule has 0 heterocycles. The SMILES string of the molecule is CCCCCCCCCC(=O)NC(=O)CCCCCCC. The smallest absolute Gasteiger partial charge is 0.226 e. The number of unbranched alkanes of at least 4 members (excludes halogenated alkanes) is 10. The number of hydrogen-bond acceptors (Lipinski definition) is 2. The van der Waals surface area contributed by atoms with Crippen LogP contribution in [0.2, 0.25) is 0 Å². The Morgan fingerprint density at radius 3 is 1.29 bits per heavy atom. The first-order valence-electron chi connectivity index (χ1n) is 9.03. The van der Waals surface area contributed by atoms with Crippen LogP contribution in [0.25, 0.3) is 0 Å². The van der Waals surface area contributed by atoms with Crippen molar-refractivity contribution in [2.24, 2.45) is 0 Å². The molecule has 0 aliphatic rings. The van der Waals surface area contributed by atoms with Crippen molar-refractivity contribution in [3.63, 3.8) is 0 Å². The van der Waals surface area contributed by atoms with Crippen molar-refractivity contribution in [1.82, 2.24) is 5.32 Å². The molecule has 0 aliphatic carbocycles. The molecule has 1 N–H and O–H groups in total. The zero-order valence-corrected chi connectivity index (χ0v) is 14.2. The van der Waals surface area contributed by atoms with E-state index in [1.807, 2.05) is 0 Å². The average Bonchev–Trinajstić information content (AvgIpc) is 2.46. The maximum absolute atomic E-state index is 11.6. The Morgan fingerprint density at radius 2 is 0.905 bits per heavy atom. The summed E-state index contributed by atoms with van der Waals surface area (Å²) in [5, 5.41) is 2.50. The molecule has 0 bridgehead atoms. The van der Waals surface area contributed by atoms with Gasteiger partial charge in [-0.15, -0.1) is 0 Å². The predicted octanol–water partition coefficient (Wildman–Crippen LogP) is 5.13. The lowest BCUT2D eigenvalue weighted by Crippen LogP contribution is -2.29. The largest absolute Gasteiger partial charge is 0.296 e. The first-order chi connectivity index (χ1) is 10.2. The fraction of sp³-hybridized carbons (Fsp3) is 0.889. The molecule has 2 amide bonds. The molecule has 3 heteroatoms. The minimum absolute atomic E-state index is 0.0953. The molecule has 0 rings (SSSR count). The Morgan fingerprint density at radius 1 is 0.571 bits per heavy atom. The fourth-order valence-corrected chi connectivity index (χ4v) is 2.41. The third kappa shape index (κ3) is 15.3. The molecule has 0 aromatic rings. The molecule has 0 atom stereocenters. The molecule has 0 fully saturated rings. The Balaban J connectivity index is 3.37. The summed E-state index contributed by atoms with van der Waals surface area (Å²) >= 11 is 0. The summed E-state index contributed by atoms with van der Waals surface area (Å²) < 4.78 is 0. The second-order valence-corrected chi connectivity index (χ2v) is 6.01. The van der Waals surface area contributed by atoms with Gasteiger partial charge >= 0.3 is 0 Å². The highest BCUT2D eigenvalue weighted by Crippen LogP contribution is 2.08. The van der Waals surface area contributed by atoms with Crippen LogP contribution in [-0.2, 0) is 9.59 Å². The molecule has 0 aromatic carbocycles. The van der Waals surface area contributed by atoms with Gasteiger partial charge in [0.2, 0.25) is 11.8 Å². The van der Waals surface area contributed by atoms with Gasteiger partial charge in [0.25, 0.3) is 0 Å². The highest BCUT2D eigenvalue weighted by molar-refractivity contribution is 5.95. The van der Waals surface area contributed by atoms with E-state index < -0.39 is 0 Å². The van der Waals surface area contributed by atoms with E-state index in [2.05, 4.69) is 19.2 Å². The topological polar surface area (TPSA) is 46.2 Å². The average molecular weight is 297 g/mol. The molecule has 0 aromatic heterocycles. The first-order valence-corrected chi connectivity index (χ1v) is 9.03. The highest BCUT2D eigenvalue weighted by atomic mass is 16.2. The second-order valence-electron chi connectivity index (χ2n) is 6.01. The number of nitrogens with one attached hydrogen (secondary N) is 1. The Labute approximate surface area is 131 Å². The summed E-state index contributed by atoms with van der Waals surface area (Å²) in [7, 11) is 0. The van der Waals surface area contributed by atoms with Crippen molar-refractivity contribution in [3.8, 4) is 0 Å². The van der Waals surface area contributed by atoms with Crippen LogP contribution >= 0.6 is 0 Å². The van der Waals surface area contributed by atoms with Crippen LogP contribution in [0.5, 0.6) is 0 Å². The van der Waals surface area contributed by atoms with Crippen molar-refractivity contribution in [2.75, 3.05) is 0 Å². The van der Waals surface area contributed by atoms with E-state index in [1.165, 1.54) is 51.4 Å². The maximum atomic E-state index is 11.6. The van der Waals surface area contributed by atoms with Gasteiger partial charge in [-0.2, -0.15) is 0 Å². The van der Waals surface area contributed by atoms with E-state index in [9.17, 15) is 9.59 Å². The summed E-state index contributed by atoms with van der Waals surface area (Å²) in [6.07, 6.45) is 15.0. The van der Waals surface area contributed by atoms with E-state index >= 15 is 0 Å². The van der Waals surface area contributed by atoms with Crippen molar-refractivity contribution < 1.29 is 9.59 Å². The molecule has 124 valence electrons. The number of imide groups is 1. The van der Waals surface area contributed by atoms with Gasteiger partial charge in [-0.05, 0) is 12.8 Å². The predicted molar refractivity (Wildman–Crippen MR) is 89.1 cm³/mol. The summed E-state index contributed by atoms with van der Waals surface area (Å²) in [4.78, 5) is 23.2. The summed E-state index contributed by atoms with van der Waals surface area (Å²) in [5.74, 6) is -0.193. The maximum Gasteiger partial charge on any atom is 0.226 e. The summed E-state index contributed by atoms with van der Waals surface area (Å²) in [5.41, 5.74) is 0. The van der Waals surface area contributed by atoms with Crippen LogP contribution in [0.1, 0.15) is 104 Å². The zero-order chi connectivity index (χ0) is 15.8. The van der Waals surface area contributed by atoms with Gasteiger partial charge in [0.05, 0.1) is 0 Å². The quantitative estimate of drug-likeness (QED) is 0.452. The number of carbonyl (C=O) groups excluding carboxylic acids is 2. The van der Waals surface area contributed by atoms with E-state index in [-0.39, 0.29) is 11.8 Å². The third-order valence-electron chi connectivity index (χ3n) is 3.79.